The molecule has 1 aromatic carbocycles. The van der Waals surface area contributed by atoms with E-state index in [0.29, 0.717) is 13.1 Å². The summed E-state index contributed by atoms with van der Waals surface area (Å²) >= 11 is 0. The molecule has 1 aromatic rings. The van der Waals surface area contributed by atoms with Gasteiger partial charge in [0.25, 0.3) is 0 Å². The first-order chi connectivity index (χ1) is 8.08. The van der Waals surface area contributed by atoms with E-state index in [2.05, 4.69) is 5.32 Å². The van der Waals surface area contributed by atoms with E-state index in [-0.39, 0.29) is 17.8 Å². The average molecular weight is 238 g/mol. The van der Waals surface area contributed by atoms with Crippen molar-refractivity contribution in [1.82, 2.24) is 10.2 Å². The van der Waals surface area contributed by atoms with Gasteiger partial charge < -0.3 is 10.2 Å². The maximum atomic E-state index is 13.0. The molecule has 0 aromatic heterocycles. The molecule has 0 aliphatic heterocycles. The lowest BCUT2D eigenvalue weighted by molar-refractivity contribution is -0.133. The van der Waals surface area contributed by atoms with Crippen LogP contribution in [0.3, 0.4) is 0 Å². The minimum Gasteiger partial charge on any atom is -0.337 e. The van der Waals surface area contributed by atoms with E-state index in [1.165, 1.54) is 12.1 Å². The molecule has 1 amide bonds. The van der Waals surface area contributed by atoms with Crippen LogP contribution in [0.4, 0.5) is 4.39 Å². The van der Waals surface area contributed by atoms with E-state index in [9.17, 15) is 9.18 Å². The molecule has 1 unspecified atom stereocenters. The number of likely N-dealkylation sites (N-methyl/N-ethyl adjacent to an activating group) is 2. The van der Waals surface area contributed by atoms with Gasteiger partial charge in [0.15, 0.2) is 0 Å². The van der Waals surface area contributed by atoms with Crippen LogP contribution in [0.25, 0.3) is 0 Å². The van der Waals surface area contributed by atoms with Crippen molar-refractivity contribution in [2.24, 2.45) is 0 Å². The zero-order valence-corrected chi connectivity index (χ0v) is 10.5. The molecule has 1 atom stereocenters. The number of hydrogen-bond donors (Lipinski definition) is 1. The van der Waals surface area contributed by atoms with Gasteiger partial charge in [-0.15, -0.1) is 0 Å². The highest BCUT2D eigenvalue weighted by Gasteiger charge is 2.17. The number of halogens is 1. The number of carbonyl (C=O) groups excluding carboxylic acids is 1. The quantitative estimate of drug-likeness (QED) is 0.848. The van der Waals surface area contributed by atoms with Gasteiger partial charge >= 0.3 is 0 Å². The van der Waals surface area contributed by atoms with Crippen molar-refractivity contribution in [2.45, 2.75) is 26.4 Å². The molecule has 3 nitrogen and oxygen atoms in total. The highest BCUT2D eigenvalue weighted by atomic mass is 19.1. The summed E-state index contributed by atoms with van der Waals surface area (Å²) in [7, 11) is 1.75. The van der Waals surface area contributed by atoms with Crippen LogP contribution < -0.4 is 5.32 Å². The Morgan fingerprint density at radius 1 is 1.53 bits per heavy atom. The van der Waals surface area contributed by atoms with Crippen LogP contribution >= 0.6 is 0 Å². The number of hydrogen-bond acceptors (Lipinski definition) is 2. The number of amides is 1. The van der Waals surface area contributed by atoms with Gasteiger partial charge in [-0.25, -0.2) is 4.39 Å². The van der Waals surface area contributed by atoms with Crippen molar-refractivity contribution in [3.8, 4) is 0 Å². The SMILES string of the molecule is CCN(Cc1cccc(F)c1)C(=O)C(C)NC. The van der Waals surface area contributed by atoms with Gasteiger partial charge in [-0.3, -0.25) is 4.79 Å². The third kappa shape index (κ3) is 3.82. The van der Waals surface area contributed by atoms with Crippen molar-refractivity contribution >= 4 is 5.91 Å². The average Bonchev–Trinajstić information content (AvgIpc) is 2.34. The molecule has 4 heteroatoms. The lowest BCUT2D eigenvalue weighted by Gasteiger charge is -2.24. The van der Waals surface area contributed by atoms with Crippen LogP contribution in [-0.4, -0.2) is 30.4 Å². The fraction of sp³-hybridized carbons (Fsp3) is 0.462. The Morgan fingerprint density at radius 2 is 2.24 bits per heavy atom. The summed E-state index contributed by atoms with van der Waals surface area (Å²) in [5.41, 5.74) is 0.809. The van der Waals surface area contributed by atoms with Crippen LogP contribution in [0.15, 0.2) is 24.3 Å². The zero-order valence-electron chi connectivity index (χ0n) is 10.5. The molecule has 17 heavy (non-hydrogen) atoms. The number of nitrogens with one attached hydrogen (secondary N) is 1. The molecule has 0 bridgehead atoms. The normalized spacial score (nSPS) is 12.2. The van der Waals surface area contributed by atoms with Crippen molar-refractivity contribution in [2.75, 3.05) is 13.6 Å². The van der Waals surface area contributed by atoms with Crippen LogP contribution in [0, 0.1) is 5.82 Å². The summed E-state index contributed by atoms with van der Waals surface area (Å²) in [6.07, 6.45) is 0. The molecule has 94 valence electrons. The lowest BCUT2D eigenvalue weighted by Crippen LogP contribution is -2.43. The van der Waals surface area contributed by atoms with Gasteiger partial charge in [0, 0.05) is 13.1 Å². The number of nitrogens with zero attached hydrogens (tertiary/aromatic N) is 1. The van der Waals surface area contributed by atoms with Gasteiger partial charge in [-0.2, -0.15) is 0 Å². The van der Waals surface area contributed by atoms with E-state index in [1.54, 1.807) is 18.0 Å². The van der Waals surface area contributed by atoms with Crippen LogP contribution in [0.2, 0.25) is 0 Å². The van der Waals surface area contributed by atoms with Crippen molar-refractivity contribution in [1.29, 1.82) is 0 Å². The first kappa shape index (κ1) is 13.6. The monoisotopic (exact) mass is 238 g/mol. The maximum absolute atomic E-state index is 13.0. The molecular weight excluding hydrogens is 219 g/mol. The Labute approximate surface area is 102 Å². The van der Waals surface area contributed by atoms with E-state index in [1.807, 2.05) is 19.9 Å². The standard InChI is InChI=1S/C13H19FN2O/c1-4-16(13(17)10(2)15-3)9-11-6-5-7-12(14)8-11/h5-8,10,15H,4,9H2,1-3H3. The van der Waals surface area contributed by atoms with Crippen molar-refractivity contribution in [3.05, 3.63) is 35.6 Å². The fourth-order valence-electron chi connectivity index (χ4n) is 1.60. The molecule has 0 heterocycles. The second-order valence-electron chi connectivity index (χ2n) is 3.99. The van der Waals surface area contributed by atoms with Crippen molar-refractivity contribution in [3.63, 3.8) is 0 Å². The number of rotatable bonds is 5. The first-order valence-corrected chi connectivity index (χ1v) is 5.79. The maximum Gasteiger partial charge on any atom is 0.239 e. The summed E-state index contributed by atoms with van der Waals surface area (Å²) in [5, 5.41) is 2.91. The second-order valence-corrected chi connectivity index (χ2v) is 3.99. The Bertz CT molecular complexity index is 381. The predicted molar refractivity (Wildman–Crippen MR) is 66.0 cm³/mol. The first-order valence-electron chi connectivity index (χ1n) is 5.79. The minimum absolute atomic E-state index is 0.0271. The third-order valence-corrected chi connectivity index (χ3v) is 2.76. The van der Waals surface area contributed by atoms with E-state index in [0.717, 1.165) is 5.56 Å². The topological polar surface area (TPSA) is 32.3 Å². The molecule has 1 N–H and O–H groups in total. The van der Waals surface area contributed by atoms with E-state index in [4.69, 9.17) is 0 Å². The van der Waals surface area contributed by atoms with Gasteiger partial charge in [-0.1, -0.05) is 12.1 Å². The molecule has 0 saturated heterocycles. The predicted octanol–water partition coefficient (Wildman–Crippen LogP) is 1.78. The second kappa shape index (κ2) is 6.35. The molecule has 0 aliphatic rings. The highest BCUT2D eigenvalue weighted by molar-refractivity contribution is 5.81. The summed E-state index contributed by atoms with van der Waals surface area (Å²) in [6, 6.07) is 6.12. The molecular formula is C13H19FN2O. The Hall–Kier alpha value is -1.42. The third-order valence-electron chi connectivity index (χ3n) is 2.76. The highest BCUT2D eigenvalue weighted by Crippen LogP contribution is 2.08. The zero-order chi connectivity index (χ0) is 12.8. The van der Waals surface area contributed by atoms with Gasteiger partial charge in [0.2, 0.25) is 5.91 Å². The van der Waals surface area contributed by atoms with Gasteiger partial charge in [-0.05, 0) is 38.6 Å². The Balaban J connectivity index is 2.73. The molecule has 1 rings (SSSR count). The largest absolute Gasteiger partial charge is 0.337 e. The smallest absolute Gasteiger partial charge is 0.239 e. The molecule has 0 saturated carbocycles. The summed E-state index contributed by atoms with van der Waals surface area (Å²) in [4.78, 5) is 13.7. The van der Waals surface area contributed by atoms with Crippen molar-refractivity contribution < 1.29 is 9.18 Å². The van der Waals surface area contributed by atoms with Crippen LogP contribution in [0.5, 0.6) is 0 Å². The Morgan fingerprint density at radius 3 is 2.76 bits per heavy atom. The number of benzene rings is 1. The lowest BCUT2D eigenvalue weighted by atomic mass is 10.2. The van der Waals surface area contributed by atoms with Gasteiger partial charge in [0.1, 0.15) is 5.82 Å². The molecule has 0 radical (unpaired) electrons. The molecule has 0 aliphatic carbocycles. The molecule has 0 spiro atoms. The number of carbonyl (C=O) groups is 1. The van der Waals surface area contributed by atoms with Crippen LogP contribution in [-0.2, 0) is 11.3 Å². The van der Waals surface area contributed by atoms with Crippen LogP contribution in [0.1, 0.15) is 19.4 Å². The summed E-state index contributed by atoms with van der Waals surface area (Å²) < 4.78 is 13.0. The van der Waals surface area contributed by atoms with E-state index >= 15 is 0 Å². The minimum atomic E-state index is -0.271. The van der Waals surface area contributed by atoms with E-state index < -0.39 is 0 Å². The van der Waals surface area contributed by atoms with Gasteiger partial charge in [0.05, 0.1) is 6.04 Å². The Kier molecular flexibility index (Phi) is 5.10. The summed E-state index contributed by atoms with van der Waals surface area (Å²) in [6.45, 7) is 4.79. The molecule has 0 fully saturated rings. The summed E-state index contributed by atoms with van der Waals surface area (Å²) in [5.74, 6) is -0.244. The fourth-order valence-corrected chi connectivity index (χ4v) is 1.60.